The second-order valence-corrected chi connectivity index (χ2v) is 14.5. The molecule has 2 N–H and O–H groups in total. The number of thioether (sulfide) groups is 1. The first-order valence-corrected chi connectivity index (χ1v) is 17.5. The van der Waals surface area contributed by atoms with Gasteiger partial charge in [-0.05, 0) is 57.4 Å². The summed E-state index contributed by atoms with van der Waals surface area (Å²) in [5.41, 5.74) is 6.20. The molecule has 0 saturated carbocycles. The number of hydrogen-bond donors (Lipinski definition) is 2. The Bertz CT molecular complexity index is 1720. The van der Waals surface area contributed by atoms with Crippen molar-refractivity contribution < 1.29 is 82.4 Å². The summed E-state index contributed by atoms with van der Waals surface area (Å²) in [6, 6.07) is 1.92. The fraction of sp³-hybridized carbons (Fsp3) is 0.571. The molecule has 4 bridgehead atoms. The molecule has 2 fully saturated rings. The predicted molar refractivity (Wildman–Crippen MR) is 176 cm³/mol. The van der Waals surface area contributed by atoms with Gasteiger partial charge in [-0.15, -0.1) is 11.8 Å². The summed E-state index contributed by atoms with van der Waals surface area (Å²) in [4.78, 5) is 30.8. The van der Waals surface area contributed by atoms with Crippen LogP contribution >= 0.6 is 11.8 Å². The molecule has 14 heteroatoms. The minimum Gasteiger partial charge on any atom is -0.507 e. The van der Waals surface area contributed by atoms with Crippen LogP contribution in [-0.2, 0) is 25.5 Å². The Hall–Kier alpha value is -2.26. The quantitative estimate of drug-likeness (QED) is 0.321. The molecule has 6 aliphatic rings. The molecule has 8 rings (SSSR count). The van der Waals surface area contributed by atoms with Crippen molar-refractivity contribution in [2.24, 2.45) is 0 Å². The summed E-state index contributed by atoms with van der Waals surface area (Å²) in [7, 11) is 3.66. The van der Waals surface area contributed by atoms with Crippen molar-refractivity contribution in [3.05, 3.63) is 45.0 Å². The summed E-state index contributed by atoms with van der Waals surface area (Å²) >= 11 is 1.48. The number of likely N-dealkylation sites (N-methyl/N-ethyl adjacent to an activating group) is 1. The van der Waals surface area contributed by atoms with E-state index in [9.17, 15) is 20.0 Å². The fourth-order valence-corrected chi connectivity index (χ4v) is 9.96. The zero-order chi connectivity index (χ0) is 34.0. The van der Waals surface area contributed by atoms with Gasteiger partial charge in [0.05, 0.1) is 23.4 Å². The van der Waals surface area contributed by atoms with Crippen LogP contribution in [0.2, 0.25) is 0 Å². The van der Waals surface area contributed by atoms with Gasteiger partial charge in [-0.3, -0.25) is 14.6 Å². The molecule has 1 amide bonds. The van der Waals surface area contributed by atoms with Crippen LogP contribution in [0.1, 0.15) is 76.0 Å². The number of phenolic OH excluding ortho intramolecular Hbond substituents is 1. The third-order valence-corrected chi connectivity index (χ3v) is 12.1. The third-order valence-electron chi connectivity index (χ3n) is 10.7. The minimum absolute atomic E-state index is 0. The molecule has 6 aliphatic heterocycles. The average Bonchev–Trinajstić information content (AvgIpc) is 3.55. The van der Waals surface area contributed by atoms with Crippen LogP contribution < -0.4 is 19.5 Å². The third kappa shape index (κ3) is 5.81. The van der Waals surface area contributed by atoms with Gasteiger partial charge in [0.2, 0.25) is 12.7 Å². The summed E-state index contributed by atoms with van der Waals surface area (Å²) < 4.78 is 29.7. The van der Waals surface area contributed by atoms with Crippen molar-refractivity contribution >= 4 is 23.6 Å². The Morgan fingerprint density at radius 3 is 2.63 bits per heavy atom. The Balaban J connectivity index is 0.00000417. The number of amides is 1. The number of carbonyl (C=O) groups is 2. The number of rotatable bonds is 6. The first kappa shape index (κ1) is 36.5. The fourth-order valence-electron chi connectivity index (χ4n) is 8.45. The van der Waals surface area contributed by atoms with Crippen molar-refractivity contribution in [3.63, 3.8) is 0 Å². The maximum absolute atomic E-state index is 13.6. The number of carbonyl (C=O) groups excluding carboxylic acids is 2. The van der Waals surface area contributed by atoms with E-state index in [2.05, 4.69) is 41.2 Å². The van der Waals surface area contributed by atoms with Crippen molar-refractivity contribution in [2.75, 3.05) is 40.1 Å². The number of piperazine rings is 1. The number of phenols is 1. The van der Waals surface area contributed by atoms with E-state index in [4.69, 9.17) is 23.7 Å². The van der Waals surface area contributed by atoms with Crippen molar-refractivity contribution in [3.8, 4) is 29.1 Å². The van der Waals surface area contributed by atoms with E-state index in [0.717, 1.165) is 28.0 Å². The van der Waals surface area contributed by atoms with Gasteiger partial charge >= 0.3 is 5.97 Å². The maximum Gasteiger partial charge on any atom is 0.329 e. The molecule has 0 spiro atoms. The Labute approximate surface area is 326 Å². The van der Waals surface area contributed by atoms with Gasteiger partial charge in [0, 0.05) is 97.7 Å². The zero-order valence-electron chi connectivity index (χ0n) is 28.7. The average molecular weight is 906 g/mol. The standard InChI is InChI=1S/C35H42N4O8S.Ac/c1-7-8-24(40)37-20-13-48-34-27-26(33-32(46-15-47-33)18(4)30(27)41)23(12-44-35(20)42)39-22(11-36)21-10-19-9-16(2)17(3)31(45-14-43-6)25(19)28(29(34)39)38(21)5;/h9,20-23,28-29,34,41H,7-8,10,12-15H2,1-6H3,(H,37,40);/t20-,21-,22-,23+,28+,29?,34+;/m0./s1. The number of aromatic hydroxyl groups is 1. The first-order chi connectivity index (χ1) is 23.1. The SMILES string of the molecule is CCCC(=O)N[C@H]1CS[C@@H]2c3c(O)c(C)c4c(c3[C@@H](COC1=O)N1C2[C@H]2c3c(cc(C)c(C)c3OCOC)C[C@@H]([C@@H]1C#N)N2C)OCO4.[Ac]. The number of ether oxygens (including phenoxy) is 5. The van der Waals surface area contributed by atoms with E-state index in [-0.39, 0.29) is 99.8 Å². The Kier molecular flexibility index (Phi) is 10.7. The predicted octanol–water partition coefficient (Wildman–Crippen LogP) is 3.87. The largest absolute Gasteiger partial charge is 0.507 e. The number of aryl methyl sites for hydroxylation is 1. The van der Waals surface area contributed by atoms with Crippen LogP contribution in [-0.4, -0.2) is 91.1 Å². The number of esters is 1. The molecule has 2 aromatic rings. The van der Waals surface area contributed by atoms with Crippen LogP contribution in [0.3, 0.4) is 0 Å². The van der Waals surface area contributed by atoms with Gasteiger partial charge in [-0.2, -0.15) is 5.26 Å². The number of hydrogen-bond acceptors (Lipinski definition) is 12. The van der Waals surface area contributed by atoms with Crippen molar-refractivity contribution in [2.45, 2.75) is 88.5 Å². The molecule has 7 atom stereocenters. The summed E-state index contributed by atoms with van der Waals surface area (Å²) in [5.74, 6) is 1.28. The zero-order valence-corrected chi connectivity index (χ0v) is 34.3. The van der Waals surface area contributed by atoms with Gasteiger partial charge in [-0.1, -0.05) is 13.0 Å². The van der Waals surface area contributed by atoms with E-state index in [1.54, 1.807) is 7.11 Å². The number of benzene rings is 2. The molecule has 2 saturated heterocycles. The summed E-state index contributed by atoms with van der Waals surface area (Å²) in [6.45, 7) is 7.81. The topological polar surface area (TPSA) is 143 Å². The van der Waals surface area contributed by atoms with Crippen LogP contribution in [0.25, 0.3) is 0 Å². The van der Waals surface area contributed by atoms with E-state index >= 15 is 0 Å². The van der Waals surface area contributed by atoms with E-state index < -0.39 is 29.3 Å². The Morgan fingerprint density at radius 1 is 1.16 bits per heavy atom. The van der Waals surface area contributed by atoms with E-state index in [0.29, 0.717) is 47.5 Å². The molecule has 0 aromatic heterocycles. The van der Waals surface area contributed by atoms with Crippen LogP contribution in [0.15, 0.2) is 6.07 Å². The monoisotopic (exact) mass is 905 g/mol. The smallest absolute Gasteiger partial charge is 0.329 e. The second-order valence-electron chi connectivity index (χ2n) is 13.3. The molecule has 49 heavy (non-hydrogen) atoms. The van der Waals surface area contributed by atoms with Gasteiger partial charge in [-0.25, -0.2) is 4.79 Å². The first-order valence-electron chi connectivity index (χ1n) is 16.5. The maximum atomic E-state index is 13.6. The van der Waals surface area contributed by atoms with Crippen LogP contribution in [0.4, 0.5) is 0 Å². The van der Waals surface area contributed by atoms with E-state index in [1.165, 1.54) is 11.8 Å². The van der Waals surface area contributed by atoms with Gasteiger partial charge in [0.15, 0.2) is 18.3 Å². The second kappa shape index (κ2) is 14.4. The number of nitriles is 1. The Morgan fingerprint density at radius 2 is 1.92 bits per heavy atom. The molecule has 0 aliphatic carbocycles. The number of methoxy groups -OCH3 is 1. The molecule has 1 radical (unpaired) electrons. The van der Waals surface area contributed by atoms with E-state index in [1.807, 2.05) is 20.8 Å². The van der Waals surface area contributed by atoms with Crippen molar-refractivity contribution in [1.82, 2.24) is 15.1 Å². The molecule has 12 nitrogen and oxygen atoms in total. The molecular formula is C35H42AcN4O8S. The van der Waals surface area contributed by atoms with Gasteiger partial charge in [0.25, 0.3) is 0 Å². The minimum atomic E-state index is -0.882. The number of nitrogens with one attached hydrogen (secondary N) is 1. The normalized spacial score (nSPS) is 28.3. The molecule has 1 unspecified atom stereocenters. The molecule has 259 valence electrons. The molecule has 6 heterocycles. The van der Waals surface area contributed by atoms with Crippen LogP contribution in [0.5, 0.6) is 23.0 Å². The molecule has 2 aromatic carbocycles. The number of nitrogens with zero attached hydrogens (tertiary/aromatic N) is 3. The summed E-state index contributed by atoms with van der Waals surface area (Å²) in [5, 5.41) is 25.4. The van der Waals surface area contributed by atoms with Gasteiger partial charge < -0.3 is 34.1 Å². The van der Waals surface area contributed by atoms with Crippen LogP contribution in [0, 0.1) is 76.2 Å². The number of fused-ring (bicyclic) bond motifs is 10. The summed E-state index contributed by atoms with van der Waals surface area (Å²) in [6.07, 6.45) is 1.56. The van der Waals surface area contributed by atoms with Crippen molar-refractivity contribution in [1.29, 1.82) is 5.26 Å². The van der Waals surface area contributed by atoms with Gasteiger partial charge in [0.1, 0.15) is 30.2 Å². The molecular weight excluding hydrogens is 863 g/mol.